The van der Waals surface area contributed by atoms with Crippen molar-refractivity contribution in [3.63, 3.8) is 0 Å². The number of amides is 1. The van der Waals surface area contributed by atoms with Gasteiger partial charge in [0, 0.05) is 24.5 Å². The third-order valence-corrected chi connectivity index (χ3v) is 7.75. The zero-order chi connectivity index (χ0) is 23.5. The Hall–Kier alpha value is -3.27. The molecule has 0 saturated carbocycles. The van der Waals surface area contributed by atoms with E-state index in [9.17, 15) is 9.59 Å². The molecule has 1 amide bonds. The molecule has 0 bridgehead atoms. The maximum absolute atomic E-state index is 12.6. The van der Waals surface area contributed by atoms with E-state index in [1.807, 2.05) is 54.6 Å². The van der Waals surface area contributed by atoms with E-state index in [1.165, 1.54) is 11.3 Å². The fourth-order valence-electron chi connectivity index (χ4n) is 3.63. The van der Waals surface area contributed by atoms with Crippen LogP contribution in [0.4, 0.5) is 11.4 Å². The molecule has 174 valence electrons. The SMILES string of the molecule is CC(OC(=O)c1ccc(-c2nc3ccccc3s2)s1)C(=O)Nc1ccc(N2CCOCC2)cc1. The van der Waals surface area contributed by atoms with Gasteiger partial charge < -0.3 is 19.7 Å². The minimum Gasteiger partial charge on any atom is -0.448 e. The molecule has 34 heavy (non-hydrogen) atoms. The Bertz CT molecular complexity index is 1280. The van der Waals surface area contributed by atoms with Crippen molar-refractivity contribution in [2.75, 3.05) is 36.5 Å². The number of anilines is 2. The van der Waals surface area contributed by atoms with E-state index in [0.29, 0.717) is 23.8 Å². The molecule has 1 aliphatic heterocycles. The van der Waals surface area contributed by atoms with E-state index in [4.69, 9.17) is 9.47 Å². The summed E-state index contributed by atoms with van der Waals surface area (Å²) in [5.74, 6) is -0.905. The maximum atomic E-state index is 12.6. The van der Waals surface area contributed by atoms with E-state index >= 15 is 0 Å². The number of aromatic nitrogens is 1. The van der Waals surface area contributed by atoms with Gasteiger partial charge in [0.2, 0.25) is 0 Å². The zero-order valence-electron chi connectivity index (χ0n) is 18.5. The van der Waals surface area contributed by atoms with E-state index < -0.39 is 12.1 Å². The average molecular weight is 494 g/mol. The van der Waals surface area contributed by atoms with Crippen molar-refractivity contribution < 1.29 is 19.1 Å². The number of nitrogens with zero attached hydrogens (tertiary/aromatic N) is 2. The number of ether oxygens (including phenoxy) is 2. The topological polar surface area (TPSA) is 80.8 Å². The molecule has 1 N–H and O–H groups in total. The highest BCUT2D eigenvalue weighted by molar-refractivity contribution is 7.26. The van der Waals surface area contributed by atoms with Crippen LogP contribution >= 0.6 is 22.7 Å². The van der Waals surface area contributed by atoms with E-state index in [-0.39, 0.29) is 5.91 Å². The summed E-state index contributed by atoms with van der Waals surface area (Å²) >= 11 is 2.89. The molecule has 7 nitrogen and oxygen atoms in total. The van der Waals surface area contributed by atoms with Crippen LogP contribution in [-0.4, -0.2) is 49.3 Å². The summed E-state index contributed by atoms with van der Waals surface area (Å²) in [7, 11) is 0. The number of carbonyl (C=O) groups excluding carboxylic acids is 2. The molecule has 1 saturated heterocycles. The number of hydrogen-bond donors (Lipinski definition) is 1. The Labute approximate surface area is 205 Å². The number of carbonyl (C=O) groups is 2. The first-order valence-electron chi connectivity index (χ1n) is 11.0. The Balaban J connectivity index is 1.18. The number of nitrogens with one attached hydrogen (secondary N) is 1. The summed E-state index contributed by atoms with van der Waals surface area (Å²) in [5, 5.41) is 3.67. The van der Waals surface area contributed by atoms with Gasteiger partial charge in [-0.1, -0.05) is 12.1 Å². The van der Waals surface area contributed by atoms with Gasteiger partial charge in [0.05, 0.1) is 28.3 Å². The number of para-hydroxylation sites is 1. The standard InChI is InChI=1S/C25H23N3O4S2/c1-16(23(29)26-17-6-8-18(9-7-17)28-12-14-31-15-13-28)32-25(30)22-11-10-21(33-22)24-27-19-4-2-3-5-20(19)34-24/h2-11,16H,12-15H2,1H3,(H,26,29). The van der Waals surface area contributed by atoms with Crippen molar-refractivity contribution in [1.29, 1.82) is 0 Å². The molecule has 1 fully saturated rings. The second-order valence-corrected chi connectivity index (χ2v) is 9.95. The van der Waals surface area contributed by atoms with Gasteiger partial charge in [-0.15, -0.1) is 22.7 Å². The third kappa shape index (κ3) is 4.96. The lowest BCUT2D eigenvalue weighted by Crippen LogP contribution is -2.36. The van der Waals surface area contributed by atoms with Gasteiger partial charge >= 0.3 is 5.97 Å². The smallest absolute Gasteiger partial charge is 0.349 e. The lowest BCUT2D eigenvalue weighted by Gasteiger charge is -2.28. The number of esters is 1. The second kappa shape index (κ2) is 9.92. The van der Waals surface area contributed by atoms with Crippen LogP contribution in [-0.2, 0) is 14.3 Å². The number of thiazole rings is 1. The summed E-state index contributed by atoms with van der Waals surface area (Å²) in [6, 6.07) is 19.1. The highest BCUT2D eigenvalue weighted by Gasteiger charge is 2.21. The predicted molar refractivity (Wildman–Crippen MR) is 136 cm³/mol. The Morgan fingerprint density at radius 1 is 1.03 bits per heavy atom. The van der Waals surface area contributed by atoms with Crippen LogP contribution in [0.3, 0.4) is 0 Å². The van der Waals surface area contributed by atoms with Crippen LogP contribution in [0.2, 0.25) is 0 Å². The fourth-order valence-corrected chi connectivity index (χ4v) is 5.54. The molecule has 2 aromatic heterocycles. The first kappa shape index (κ1) is 22.5. The van der Waals surface area contributed by atoms with Crippen LogP contribution < -0.4 is 10.2 Å². The largest absolute Gasteiger partial charge is 0.448 e. The van der Waals surface area contributed by atoms with Crippen LogP contribution in [0.15, 0.2) is 60.7 Å². The molecule has 2 aromatic carbocycles. The summed E-state index contributed by atoms with van der Waals surface area (Å²) in [6.45, 7) is 4.70. The van der Waals surface area contributed by atoms with Crippen molar-refractivity contribution in [1.82, 2.24) is 4.98 Å². The van der Waals surface area contributed by atoms with Crippen molar-refractivity contribution in [3.8, 4) is 9.88 Å². The molecule has 0 aliphatic carbocycles. The molecule has 1 unspecified atom stereocenters. The van der Waals surface area contributed by atoms with Crippen LogP contribution in [0.25, 0.3) is 20.1 Å². The fraction of sp³-hybridized carbons (Fsp3) is 0.240. The van der Waals surface area contributed by atoms with Gasteiger partial charge in [-0.25, -0.2) is 9.78 Å². The van der Waals surface area contributed by atoms with Crippen molar-refractivity contribution in [3.05, 3.63) is 65.5 Å². The monoisotopic (exact) mass is 493 g/mol. The predicted octanol–water partition coefficient (Wildman–Crippen LogP) is 5.05. The lowest BCUT2D eigenvalue weighted by molar-refractivity contribution is -0.123. The summed E-state index contributed by atoms with van der Waals surface area (Å²) in [6.07, 6.45) is -0.931. The van der Waals surface area contributed by atoms with Gasteiger partial charge in [0.15, 0.2) is 6.10 Å². The van der Waals surface area contributed by atoms with Gasteiger partial charge in [-0.05, 0) is 55.5 Å². The second-order valence-electron chi connectivity index (χ2n) is 7.83. The quantitative estimate of drug-likeness (QED) is 0.379. The highest BCUT2D eigenvalue weighted by atomic mass is 32.1. The summed E-state index contributed by atoms with van der Waals surface area (Å²) < 4.78 is 11.9. The lowest BCUT2D eigenvalue weighted by atomic mass is 10.2. The molecule has 0 spiro atoms. The molecule has 3 heterocycles. The van der Waals surface area contributed by atoms with E-state index in [2.05, 4.69) is 15.2 Å². The molecule has 1 atom stereocenters. The molecule has 4 aromatic rings. The molecule has 5 rings (SSSR count). The number of fused-ring (bicyclic) bond motifs is 1. The molecular weight excluding hydrogens is 470 g/mol. The minimum atomic E-state index is -0.931. The molecule has 1 aliphatic rings. The first-order chi connectivity index (χ1) is 16.6. The van der Waals surface area contributed by atoms with Crippen molar-refractivity contribution >= 4 is 56.1 Å². The van der Waals surface area contributed by atoms with E-state index in [1.54, 1.807) is 24.3 Å². The summed E-state index contributed by atoms with van der Waals surface area (Å²) in [4.78, 5) is 33.4. The number of benzene rings is 2. The Morgan fingerprint density at radius 3 is 2.56 bits per heavy atom. The Morgan fingerprint density at radius 2 is 1.79 bits per heavy atom. The van der Waals surface area contributed by atoms with Crippen molar-refractivity contribution in [2.24, 2.45) is 0 Å². The average Bonchev–Trinajstić information content (AvgIpc) is 3.52. The van der Waals surface area contributed by atoms with Crippen LogP contribution in [0, 0.1) is 0 Å². The first-order valence-corrected chi connectivity index (χ1v) is 12.6. The number of morpholine rings is 1. The zero-order valence-corrected chi connectivity index (χ0v) is 20.2. The van der Waals surface area contributed by atoms with Crippen LogP contribution in [0.1, 0.15) is 16.6 Å². The summed E-state index contributed by atoms with van der Waals surface area (Å²) in [5.41, 5.74) is 2.67. The van der Waals surface area contributed by atoms with Gasteiger partial charge in [-0.3, -0.25) is 4.79 Å². The highest BCUT2D eigenvalue weighted by Crippen LogP contribution is 2.34. The number of thiophene rings is 1. The Kier molecular flexibility index (Phi) is 6.57. The van der Waals surface area contributed by atoms with Crippen molar-refractivity contribution in [2.45, 2.75) is 13.0 Å². The number of hydrogen-bond acceptors (Lipinski definition) is 8. The van der Waals surface area contributed by atoms with Gasteiger partial charge in [-0.2, -0.15) is 0 Å². The molecule has 0 radical (unpaired) electrons. The van der Waals surface area contributed by atoms with Gasteiger partial charge in [0.25, 0.3) is 5.91 Å². The minimum absolute atomic E-state index is 0.379. The van der Waals surface area contributed by atoms with Crippen LogP contribution in [0.5, 0.6) is 0 Å². The molecular formula is C25H23N3O4S2. The van der Waals surface area contributed by atoms with E-state index in [0.717, 1.165) is 38.9 Å². The van der Waals surface area contributed by atoms with Gasteiger partial charge in [0.1, 0.15) is 9.88 Å². The molecule has 9 heteroatoms. The number of rotatable bonds is 6. The normalized spacial score (nSPS) is 14.7. The third-order valence-electron chi connectivity index (χ3n) is 5.48. The maximum Gasteiger partial charge on any atom is 0.349 e.